The van der Waals surface area contributed by atoms with Crippen LogP contribution in [0, 0.1) is 0 Å². The Kier molecular flexibility index (Phi) is 10.1. The van der Waals surface area contributed by atoms with Gasteiger partial charge in [-0.25, -0.2) is 14.5 Å². The summed E-state index contributed by atoms with van der Waals surface area (Å²) in [6.07, 6.45) is 1.63. The Bertz CT molecular complexity index is 1280. The average molecular weight is 604 g/mol. The summed E-state index contributed by atoms with van der Waals surface area (Å²) in [6.45, 7) is 3.57. The molecule has 2 atom stereocenters. The highest BCUT2D eigenvalue weighted by Gasteiger charge is 2.54. The van der Waals surface area contributed by atoms with E-state index >= 15 is 0 Å². The Morgan fingerprint density at radius 3 is 2.89 bits per heavy atom. The molecule has 0 saturated carbocycles. The molecule has 38 heavy (non-hydrogen) atoms. The number of carboxylic acid groups (broad SMARTS) is 1. The number of aliphatic hydroxyl groups is 1. The first-order chi connectivity index (χ1) is 17.8. The molecule has 4 heterocycles. The lowest BCUT2D eigenvalue weighted by molar-refractivity contribution is -0.150. The molecule has 0 spiro atoms. The number of thiazole rings is 1. The smallest absolute Gasteiger partial charge is 0.352 e. The fraction of sp³-hybridized carbons (Fsp3) is 0.368. The van der Waals surface area contributed by atoms with E-state index in [2.05, 4.69) is 37.6 Å². The predicted molar refractivity (Wildman–Crippen MR) is 142 cm³/mol. The van der Waals surface area contributed by atoms with Crippen LogP contribution >= 0.6 is 47.3 Å². The summed E-state index contributed by atoms with van der Waals surface area (Å²) in [6, 6.07) is -0.986. The number of carbonyl (C=O) groups is 3. The third-order valence-electron chi connectivity index (χ3n) is 5.03. The van der Waals surface area contributed by atoms with Crippen LogP contribution in [-0.2, 0) is 25.8 Å². The van der Waals surface area contributed by atoms with Crippen LogP contribution in [0.25, 0.3) is 0 Å². The largest absolute Gasteiger partial charge is 0.477 e. The van der Waals surface area contributed by atoms with E-state index in [0.29, 0.717) is 23.0 Å². The Morgan fingerprint density at radius 1 is 1.45 bits per heavy atom. The molecule has 1 saturated heterocycles. The van der Waals surface area contributed by atoms with Gasteiger partial charge in [0.2, 0.25) is 5.16 Å². The van der Waals surface area contributed by atoms with Crippen LogP contribution < -0.4 is 11.1 Å². The number of nitrogen functional groups attached to an aromatic ring is 1. The van der Waals surface area contributed by atoms with Crippen molar-refractivity contribution in [2.75, 3.05) is 30.5 Å². The molecule has 2 aromatic heterocycles. The summed E-state index contributed by atoms with van der Waals surface area (Å²) in [7, 11) is 0. The van der Waals surface area contributed by atoms with Gasteiger partial charge in [0.1, 0.15) is 29.4 Å². The SMILES string of the molecule is C=CCn1nnnc1SCC1=C(C(=O)O)N2C(=O)C(NC(=O)C(=NOCCO)c3csc(N)n3)[C@H]2SC1.Cl. The van der Waals surface area contributed by atoms with Gasteiger partial charge in [0.25, 0.3) is 11.8 Å². The van der Waals surface area contributed by atoms with Crippen molar-refractivity contribution in [3.8, 4) is 0 Å². The lowest BCUT2D eigenvalue weighted by Gasteiger charge is -2.49. The number of β-lactam (4-membered cyclic amide) rings is 1. The monoisotopic (exact) mass is 603 g/mol. The molecule has 5 N–H and O–H groups in total. The van der Waals surface area contributed by atoms with Gasteiger partial charge in [-0.1, -0.05) is 23.0 Å². The molecule has 19 heteroatoms. The Labute approximate surface area is 234 Å². The summed E-state index contributed by atoms with van der Waals surface area (Å²) in [5.74, 6) is -2.00. The number of carbonyl (C=O) groups excluding carboxylic acids is 2. The van der Waals surface area contributed by atoms with Crippen LogP contribution in [0.1, 0.15) is 5.69 Å². The molecule has 0 aromatic carbocycles. The predicted octanol–water partition coefficient (Wildman–Crippen LogP) is -0.436. The summed E-state index contributed by atoms with van der Waals surface area (Å²) < 4.78 is 1.52. The van der Waals surface area contributed by atoms with E-state index in [1.165, 1.54) is 38.5 Å². The maximum absolute atomic E-state index is 13.0. The van der Waals surface area contributed by atoms with Gasteiger partial charge in [-0.2, -0.15) is 0 Å². The first-order valence-corrected chi connectivity index (χ1v) is 13.5. The van der Waals surface area contributed by atoms with Gasteiger partial charge in [0, 0.05) is 16.9 Å². The lowest BCUT2D eigenvalue weighted by Crippen LogP contribution is -2.71. The van der Waals surface area contributed by atoms with Crippen LogP contribution in [0.3, 0.4) is 0 Å². The van der Waals surface area contributed by atoms with Crippen LogP contribution in [0.4, 0.5) is 5.13 Å². The van der Waals surface area contributed by atoms with Crippen molar-refractivity contribution in [3.63, 3.8) is 0 Å². The van der Waals surface area contributed by atoms with E-state index in [-0.39, 0.29) is 53.6 Å². The molecule has 1 fully saturated rings. The standard InChI is InChI=1S/C19H21N9O6S3.ClH/c1-2-3-27-19(23-25-26-27)37-7-9-6-35-16-12(15(31)28(16)13(9)17(32)33)22-14(30)11(24-34-5-4-29)10-8-36-18(20)21-10;/h2,8,12,16,29H,1,3-7H2,(H2,20,21)(H,22,30)(H,32,33);1H/t12?,16-;/m1./s1. The number of thioether (sulfide) groups is 2. The number of anilines is 1. The molecular weight excluding hydrogens is 582 g/mol. The van der Waals surface area contributed by atoms with Gasteiger partial charge in [-0.15, -0.1) is 47.2 Å². The number of aliphatic hydroxyl groups excluding tert-OH is 1. The quantitative estimate of drug-likeness (QED) is 0.0606. The molecule has 1 unspecified atom stereocenters. The normalized spacial score (nSPS) is 18.8. The number of allylic oxidation sites excluding steroid dienone is 1. The van der Waals surface area contributed by atoms with E-state index in [0.717, 1.165) is 11.3 Å². The van der Waals surface area contributed by atoms with Crippen LogP contribution in [0.5, 0.6) is 0 Å². The van der Waals surface area contributed by atoms with Gasteiger partial charge >= 0.3 is 5.97 Å². The number of nitrogens with one attached hydrogen (secondary N) is 1. The molecule has 0 radical (unpaired) electrons. The number of hydrogen-bond donors (Lipinski definition) is 4. The van der Waals surface area contributed by atoms with Crippen molar-refractivity contribution in [1.82, 2.24) is 35.4 Å². The maximum atomic E-state index is 13.0. The number of aromatic nitrogens is 5. The van der Waals surface area contributed by atoms with Crippen molar-refractivity contribution < 1.29 is 29.4 Å². The molecule has 2 aliphatic heterocycles. The van der Waals surface area contributed by atoms with E-state index in [9.17, 15) is 19.5 Å². The molecule has 204 valence electrons. The Hall–Kier alpha value is -3.19. The number of hydrogen-bond acceptors (Lipinski definition) is 14. The molecule has 0 bridgehead atoms. The second-order valence-corrected chi connectivity index (χ2v) is 10.3. The number of rotatable bonds is 12. The number of carboxylic acids is 1. The van der Waals surface area contributed by atoms with Gasteiger partial charge in [-0.05, 0) is 16.0 Å². The highest BCUT2D eigenvalue weighted by atomic mass is 35.5. The topological polar surface area (TPSA) is 211 Å². The van der Waals surface area contributed by atoms with E-state index in [4.69, 9.17) is 15.7 Å². The minimum atomic E-state index is -1.25. The minimum Gasteiger partial charge on any atom is -0.477 e. The second-order valence-electron chi connectivity index (χ2n) is 7.41. The zero-order chi connectivity index (χ0) is 26.5. The molecule has 2 aliphatic rings. The number of nitrogens with two attached hydrogens (primary N) is 1. The van der Waals surface area contributed by atoms with Gasteiger partial charge in [0.05, 0.1) is 13.2 Å². The van der Waals surface area contributed by atoms with E-state index < -0.39 is 29.2 Å². The van der Waals surface area contributed by atoms with Crippen molar-refractivity contribution in [2.24, 2.45) is 5.16 Å². The third-order valence-corrected chi connectivity index (χ3v) is 8.09. The lowest BCUT2D eigenvalue weighted by atomic mass is 10.0. The van der Waals surface area contributed by atoms with E-state index in [1.54, 1.807) is 6.08 Å². The minimum absolute atomic E-state index is 0. The summed E-state index contributed by atoms with van der Waals surface area (Å²) in [5, 5.41) is 38.1. The summed E-state index contributed by atoms with van der Waals surface area (Å²) in [5.41, 5.74) is 5.97. The molecule has 15 nitrogen and oxygen atoms in total. The highest BCUT2D eigenvalue weighted by molar-refractivity contribution is 8.01. The summed E-state index contributed by atoms with van der Waals surface area (Å²) in [4.78, 5) is 48.2. The van der Waals surface area contributed by atoms with Gasteiger partial charge in [-0.3, -0.25) is 14.5 Å². The number of oxime groups is 1. The van der Waals surface area contributed by atoms with Crippen LogP contribution in [-0.4, -0.2) is 99.9 Å². The average Bonchev–Trinajstić information content (AvgIpc) is 3.51. The maximum Gasteiger partial charge on any atom is 0.352 e. The van der Waals surface area contributed by atoms with Crippen molar-refractivity contribution in [1.29, 1.82) is 0 Å². The Morgan fingerprint density at radius 2 is 2.24 bits per heavy atom. The zero-order valence-electron chi connectivity index (χ0n) is 19.4. The van der Waals surface area contributed by atoms with Gasteiger partial charge in [0.15, 0.2) is 10.8 Å². The zero-order valence-corrected chi connectivity index (χ0v) is 22.7. The number of amides is 2. The molecule has 4 rings (SSSR count). The fourth-order valence-electron chi connectivity index (χ4n) is 3.44. The van der Waals surface area contributed by atoms with Crippen molar-refractivity contribution in [3.05, 3.63) is 35.0 Å². The van der Waals surface area contributed by atoms with Crippen LogP contribution in [0.15, 0.2) is 39.6 Å². The number of halogens is 1. The number of fused-ring (bicyclic) bond motifs is 1. The number of nitrogens with zero attached hydrogens (tertiary/aromatic N) is 7. The molecule has 0 aliphatic carbocycles. The van der Waals surface area contributed by atoms with Gasteiger partial charge < -0.3 is 26.1 Å². The van der Waals surface area contributed by atoms with E-state index in [1.807, 2.05) is 0 Å². The second kappa shape index (κ2) is 13.1. The molecule has 2 aromatic rings. The fourth-order valence-corrected chi connectivity index (χ4v) is 6.36. The molecule has 2 amide bonds. The van der Waals surface area contributed by atoms with Crippen molar-refractivity contribution in [2.45, 2.75) is 23.1 Å². The highest BCUT2D eigenvalue weighted by Crippen LogP contribution is 2.41. The first kappa shape index (κ1) is 29.4. The number of tetrazole rings is 1. The third kappa shape index (κ3) is 6.09. The van der Waals surface area contributed by atoms with Crippen LogP contribution in [0.2, 0.25) is 0 Å². The number of aliphatic carboxylic acids is 1. The molecular formula is C19H22ClN9O6S3. The Balaban J connectivity index is 0.00000400. The first-order valence-electron chi connectivity index (χ1n) is 10.6. The van der Waals surface area contributed by atoms with Crippen molar-refractivity contribution >= 4 is 75.9 Å². The summed E-state index contributed by atoms with van der Waals surface area (Å²) >= 11 is 3.66.